The summed E-state index contributed by atoms with van der Waals surface area (Å²) < 4.78 is 1.66. The zero-order chi connectivity index (χ0) is 24.3. The van der Waals surface area contributed by atoms with Crippen molar-refractivity contribution in [2.45, 2.75) is 13.8 Å². The summed E-state index contributed by atoms with van der Waals surface area (Å²) in [6.45, 7) is 2.92. The van der Waals surface area contributed by atoms with Gasteiger partial charge in [0.05, 0.1) is 34.5 Å². The normalized spacial score (nSPS) is 10.4. The fourth-order valence-corrected chi connectivity index (χ4v) is 3.76. The molecule has 3 rings (SSSR count). The third-order valence-electron chi connectivity index (χ3n) is 4.59. The summed E-state index contributed by atoms with van der Waals surface area (Å²) in [5, 5.41) is 16.6. The van der Waals surface area contributed by atoms with Crippen LogP contribution in [0.2, 0.25) is 5.02 Å². The number of ketones is 1. The van der Waals surface area contributed by atoms with E-state index in [2.05, 4.69) is 31.3 Å². The maximum absolute atomic E-state index is 13.3. The molecule has 2 amide bonds. The molecule has 1 aromatic carbocycles. The number of carbonyl (C=O) groups excluding carboxylic acids is 3. The molecule has 0 aliphatic carbocycles. The largest absolute Gasteiger partial charge is 0.334 e. The summed E-state index contributed by atoms with van der Waals surface area (Å²) in [6, 6.07) is 9.70. The number of anilines is 1. The van der Waals surface area contributed by atoms with Crippen molar-refractivity contribution in [3.63, 3.8) is 0 Å². The average Bonchev–Trinajstić information content (AvgIpc) is 3.15. The van der Waals surface area contributed by atoms with E-state index in [9.17, 15) is 19.6 Å². The summed E-state index contributed by atoms with van der Waals surface area (Å²) in [5.41, 5.74) is 1.17. The van der Waals surface area contributed by atoms with Gasteiger partial charge in [0.1, 0.15) is 16.1 Å². The molecule has 0 unspecified atom stereocenters. The highest BCUT2D eigenvalue weighted by molar-refractivity contribution is 9.10. The summed E-state index contributed by atoms with van der Waals surface area (Å²) in [6.07, 6.45) is 1.52. The van der Waals surface area contributed by atoms with Crippen LogP contribution in [0.1, 0.15) is 38.9 Å². The lowest BCUT2D eigenvalue weighted by Crippen LogP contribution is -2.32. The first-order chi connectivity index (χ1) is 15.6. The van der Waals surface area contributed by atoms with E-state index >= 15 is 0 Å². The molecular weight excluding hydrogens is 512 g/mol. The highest BCUT2D eigenvalue weighted by Crippen LogP contribution is 2.27. The van der Waals surface area contributed by atoms with Crippen molar-refractivity contribution in [3.8, 4) is 11.9 Å². The number of Topliss-reactive ketones (excluding diaryl/α,β-unsaturated/α-hetero) is 1. The van der Waals surface area contributed by atoms with Crippen molar-refractivity contribution in [1.82, 2.24) is 19.7 Å². The Morgan fingerprint density at radius 3 is 2.67 bits per heavy atom. The third kappa shape index (κ3) is 5.27. The molecule has 0 spiro atoms. The molecule has 9 nitrogen and oxygen atoms in total. The Bertz CT molecular complexity index is 1310. The van der Waals surface area contributed by atoms with Crippen LogP contribution in [0.4, 0.5) is 5.69 Å². The van der Waals surface area contributed by atoms with Crippen molar-refractivity contribution in [2.75, 3.05) is 18.9 Å². The van der Waals surface area contributed by atoms with Crippen LogP contribution in [0.5, 0.6) is 0 Å². The van der Waals surface area contributed by atoms with E-state index in [1.54, 1.807) is 25.1 Å². The van der Waals surface area contributed by atoms with Crippen LogP contribution in [-0.2, 0) is 4.79 Å². The van der Waals surface area contributed by atoms with Gasteiger partial charge in [-0.25, -0.2) is 9.67 Å². The zero-order valence-corrected chi connectivity index (χ0v) is 20.2. The molecule has 0 saturated carbocycles. The van der Waals surface area contributed by atoms with Crippen LogP contribution in [0.15, 0.2) is 41.1 Å². The second-order valence-electron chi connectivity index (χ2n) is 7.22. The lowest BCUT2D eigenvalue weighted by atomic mass is 10.0. The maximum Gasteiger partial charge on any atom is 0.274 e. The number of halogens is 2. The SMILES string of the molecule is CC(=O)CN(C)C(=O)c1cc(C#N)cc(C)c1NC(=O)c1cc(Br)nn1-c1ncccc1Cl. The number of nitriles is 1. The molecule has 11 heteroatoms. The van der Waals surface area contributed by atoms with Gasteiger partial charge < -0.3 is 10.2 Å². The maximum atomic E-state index is 13.3. The van der Waals surface area contributed by atoms with Crippen molar-refractivity contribution >= 4 is 50.8 Å². The molecule has 0 fully saturated rings. The quantitative estimate of drug-likeness (QED) is 0.519. The highest BCUT2D eigenvalue weighted by Gasteiger charge is 2.24. The molecule has 0 bridgehead atoms. The number of likely N-dealkylation sites (N-methyl/N-ethyl adjacent to an activating group) is 1. The Labute approximate surface area is 203 Å². The van der Waals surface area contributed by atoms with Gasteiger partial charge in [-0.05, 0) is 59.6 Å². The van der Waals surface area contributed by atoms with E-state index in [1.807, 2.05) is 6.07 Å². The van der Waals surface area contributed by atoms with Crippen LogP contribution in [-0.4, -0.2) is 50.9 Å². The fraction of sp³-hybridized carbons (Fsp3) is 0.182. The first kappa shape index (κ1) is 24.1. The van der Waals surface area contributed by atoms with Crippen molar-refractivity contribution in [3.05, 3.63) is 68.5 Å². The summed E-state index contributed by atoms with van der Waals surface area (Å²) in [7, 11) is 1.47. The molecular formula is C22H18BrClN6O3. The minimum atomic E-state index is -0.578. The lowest BCUT2D eigenvalue weighted by molar-refractivity contribution is -0.117. The standard InChI is InChI=1S/C22H18BrClN6O3/c1-12-7-14(10-25)8-15(22(33)29(3)11-13(2)31)19(12)27-21(32)17-9-18(23)28-30(17)20-16(24)5-4-6-26-20/h4-9H,11H2,1-3H3,(H,27,32). The molecule has 3 aromatic rings. The molecule has 2 heterocycles. The van der Waals surface area contributed by atoms with Gasteiger partial charge in [-0.15, -0.1) is 0 Å². The summed E-state index contributed by atoms with van der Waals surface area (Å²) in [4.78, 5) is 43.2. The first-order valence-electron chi connectivity index (χ1n) is 9.59. The Kier molecular flexibility index (Phi) is 7.26. The van der Waals surface area contributed by atoms with Crippen LogP contribution < -0.4 is 5.32 Å². The summed E-state index contributed by atoms with van der Waals surface area (Å²) >= 11 is 9.49. The van der Waals surface area contributed by atoms with E-state index in [1.165, 1.54) is 41.9 Å². The van der Waals surface area contributed by atoms with Crippen molar-refractivity contribution < 1.29 is 14.4 Å². The minimum Gasteiger partial charge on any atom is -0.334 e. The van der Waals surface area contributed by atoms with Gasteiger partial charge in [0, 0.05) is 19.3 Å². The van der Waals surface area contributed by atoms with Gasteiger partial charge in [0.2, 0.25) is 0 Å². The number of aryl methyl sites for hydroxylation is 1. The number of carbonyl (C=O) groups is 3. The molecule has 33 heavy (non-hydrogen) atoms. The Morgan fingerprint density at radius 2 is 2.03 bits per heavy atom. The van der Waals surface area contributed by atoms with Crippen LogP contribution in [0.25, 0.3) is 5.82 Å². The number of hydrogen-bond donors (Lipinski definition) is 1. The van der Waals surface area contributed by atoms with E-state index in [0.29, 0.717) is 15.2 Å². The number of aromatic nitrogens is 3. The second-order valence-corrected chi connectivity index (χ2v) is 8.44. The van der Waals surface area contributed by atoms with Gasteiger partial charge in [-0.2, -0.15) is 10.4 Å². The molecule has 168 valence electrons. The van der Waals surface area contributed by atoms with Gasteiger partial charge in [-0.3, -0.25) is 14.4 Å². The first-order valence-corrected chi connectivity index (χ1v) is 10.8. The predicted molar refractivity (Wildman–Crippen MR) is 126 cm³/mol. The smallest absolute Gasteiger partial charge is 0.274 e. The molecule has 0 saturated heterocycles. The second kappa shape index (κ2) is 9.94. The van der Waals surface area contributed by atoms with Crippen LogP contribution in [0, 0.1) is 18.3 Å². The van der Waals surface area contributed by atoms with Crippen LogP contribution in [0.3, 0.4) is 0 Å². The lowest BCUT2D eigenvalue weighted by Gasteiger charge is -2.20. The summed E-state index contributed by atoms with van der Waals surface area (Å²) in [5.74, 6) is -1.04. The van der Waals surface area contributed by atoms with Gasteiger partial charge >= 0.3 is 0 Å². The van der Waals surface area contributed by atoms with Crippen molar-refractivity contribution in [1.29, 1.82) is 5.26 Å². The van der Waals surface area contributed by atoms with Crippen LogP contribution >= 0.6 is 27.5 Å². The average molecular weight is 530 g/mol. The van der Waals surface area contributed by atoms with Gasteiger partial charge in [0.25, 0.3) is 11.8 Å². The van der Waals surface area contributed by atoms with E-state index in [4.69, 9.17) is 11.6 Å². The van der Waals surface area contributed by atoms with E-state index < -0.39 is 11.8 Å². The molecule has 0 atom stereocenters. The number of benzene rings is 1. The molecule has 2 aromatic heterocycles. The monoisotopic (exact) mass is 528 g/mol. The fourth-order valence-electron chi connectivity index (χ4n) is 3.18. The number of amides is 2. The Balaban J connectivity index is 2.05. The third-order valence-corrected chi connectivity index (χ3v) is 5.27. The van der Waals surface area contributed by atoms with Gasteiger partial charge in [0.15, 0.2) is 5.82 Å². The highest BCUT2D eigenvalue weighted by atomic mass is 79.9. The number of nitrogens with one attached hydrogen (secondary N) is 1. The number of nitrogens with zero attached hydrogens (tertiary/aromatic N) is 5. The number of rotatable bonds is 6. The number of hydrogen-bond acceptors (Lipinski definition) is 6. The predicted octanol–water partition coefficient (Wildman–Crippen LogP) is 3.78. The molecule has 1 N–H and O–H groups in total. The Morgan fingerprint density at radius 1 is 1.30 bits per heavy atom. The van der Waals surface area contributed by atoms with E-state index in [-0.39, 0.29) is 40.7 Å². The Hall–Kier alpha value is -3.55. The molecule has 0 radical (unpaired) electrons. The zero-order valence-electron chi connectivity index (χ0n) is 17.9. The van der Waals surface area contributed by atoms with E-state index in [0.717, 1.165) is 0 Å². The van der Waals surface area contributed by atoms with Crippen molar-refractivity contribution in [2.24, 2.45) is 0 Å². The van der Waals surface area contributed by atoms with Gasteiger partial charge in [-0.1, -0.05) is 11.6 Å². The number of pyridine rings is 1. The topological polar surface area (TPSA) is 121 Å². The minimum absolute atomic E-state index is 0.0876. The molecule has 0 aliphatic heterocycles. The molecule has 0 aliphatic rings.